The molecule has 0 spiro atoms. The number of hydrogen-bond acceptors (Lipinski definition) is 1. The fourth-order valence-electron chi connectivity index (χ4n) is 0.966. The summed E-state index contributed by atoms with van der Waals surface area (Å²) in [5, 5.41) is 0.289. The van der Waals surface area contributed by atoms with Crippen LogP contribution in [0.1, 0.15) is 16.8 Å². The quantitative estimate of drug-likeness (QED) is 0.563. The van der Waals surface area contributed by atoms with E-state index in [1.54, 1.807) is 6.92 Å². The summed E-state index contributed by atoms with van der Waals surface area (Å²) >= 11 is 8.73. The van der Waals surface area contributed by atoms with Crippen LogP contribution in [0.25, 0.3) is 0 Å². The topological polar surface area (TPSA) is 12.9 Å². The Bertz CT molecular complexity index is 328. The molecule has 0 aliphatic carbocycles. The van der Waals surface area contributed by atoms with Crippen molar-refractivity contribution in [2.45, 2.75) is 18.4 Å². The number of halogens is 5. The minimum atomic E-state index is -4.45. The second-order valence-corrected chi connectivity index (χ2v) is 3.64. The first-order valence-corrected chi connectivity index (χ1v) is 5.15. The molecule has 1 rings (SSSR count). The van der Waals surface area contributed by atoms with Gasteiger partial charge in [0, 0.05) is 10.9 Å². The minimum Gasteiger partial charge on any atom is -0.231 e. The highest BCUT2D eigenvalue weighted by molar-refractivity contribution is 9.08. The van der Waals surface area contributed by atoms with Gasteiger partial charge in [-0.3, -0.25) is 0 Å². The van der Waals surface area contributed by atoms with Crippen molar-refractivity contribution < 1.29 is 13.2 Å². The summed E-state index contributed by atoms with van der Waals surface area (Å²) in [4.78, 5) is 3.29. The SMILES string of the molecule is Cc1cc(C(F)(F)F)nc(Cl)c1CBr. The molecule has 0 bridgehead atoms. The molecule has 78 valence electrons. The lowest BCUT2D eigenvalue weighted by atomic mass is 10.1. The third kappa shape index (κ3) is 2.39. The molecule has 0 amide bonds. The van der Waals surface area contributed by atoms with Crippen molar-refractivity contribution in [2.75, 3.05) is 0 Å². The van der Waals surface area contributed by atoms with Gasteiger partial charge < -0.3 is 0 Å². The van der Waals surface area contributed by atoms with Gasteiger partial charge in [0.2, 0.25) is 0 Å². The van der Waals surface area contributed by atoms with Crippen molar-refractivity contribution in [3.05, 3.63) is 28.0 Å². The van der Waals surface area contributed by atoms with E-state index in [1.165, 1.54) is 0 Å². The van der Waals surface area contributed by atoms with Gasteiger partial charge >= 0.3 is 6.18 Å². The highest BCUT2D eigenvalue weighted by Gasteiger charge is 2.33. The van der Waals surface area contributed by atoms with Gasteiger partial charge in [-0.25, -0.2) is 4.98 Å². The molecule has 1 aromatic rings. The molecule has 0 radical (unpaired) electrons. The summed E-state index contributed by atoms with van der Waals surface area (Å²) < 4.78 is 36.8. The Hall–Kier alpha value is -0.290. The van der Waals surface area contributed by atoms with Crippen LogP contribution in [0.4, 0.5) is 13.2 Å². The number of rotatable bonds is 1. The summed E-state index contributed by atoms with van der Waals surface area (Å²) in [6.07, 6.45) is -4.45. The van der Waals surface area contributed by atoms with Crippen molar-refractivity contribution in [3.63, 3.8) is 0 Å². The smallest absolute Gasteiger partial charge is 0.231 e. The van der Waals surface area contributed by atoms with E-state index in [2.05, 4.69) is 20.9 Å². The van der Waals surface area contributed by atoms with Crippen LogP contribution in [0.3, 0.4) is 0 Å². The molecule has 0 unspecified atom stereocenters. The lowest BCUT2D eigenvalue weighted by Crippen LogP contribution is -2.09. The average Bonchev–Trinajstić information content (AvgIpc) is 2.01. The van der Waals surface area contributed by atoms with Gasteiger partial charge in [-0.05, 0) is 18.6 Å². The average molecular weight is 288 g/mol. The lowest BCUT2D eigenvalue weighted by Gasteiger charge is -2.10. The van der Waals surface area contributed by atoms with Crippen LogP contribution in [-0.4, -0.2) is 4.98 Å². The molecule has 1 heterocycles. The van der Waals surface area contributed by atoms with E-state index in [0.29, 0.717) is 16.5 Å². The van der Waals surface area contributed by atoms with E-state index in [-0.39, 0.29) is 5.15 Å². The molecule has 1 aromatic heterocycles. The number of aromatic nitrogens is 1. The van der Waals surface area contributed by atoms with Crippen LogP contribution in [0, 0.1) is 6.92 Å². The van der Waals surface area contributed by atoms with Gasteiger partial charge in [0.1, 0.15) is 10.8 Å². The fourth-order valence-corrected chi connectivity index (χ4v) is 2.14. The molecular weight excluding hydrogens is 282 g/mol. The normalized spacial score (nSPS) is 11.9. The number of aryl methyl sites for hydroxylation is 1. The molecular formula is C8H6BrClF3N. The Kier molecular flexibility index (Phi) is 3.42. The van der Waals surface area contributed by atoms with E-state index in [1.807, 2.05) is 0 Å². The van der Waals surface area contributed by atoms with Crippen molar-refractivity contribution in [1.82, 2.24) is 4.98 Å². The molecule has 0 N–H and O–H groups in total. The first-order valence-electron chi connectivity index (χ1n) is 3.65. The van der Waals surface area contributed by atoms with Crippen molar-refractivity contribution in [2.24, 2.45) is 0 Å². The van der Waals surface area contributed by atoms with Gasteiger partial charge in [-0.15, -0.1) is 0 Å². The zero-order valence-electron chi connectivity index (χ0n) is 7.12. The summed E-state index contributed by atoms with van der Waals surface area (Å²) in [6, 6.07) is 0.989. The Morgan fingerprint density at radius 1 is 1.50 bits per heavy atom. The molecule has 6 heteroatoms. The maximum Gasteiger partial charge on any atom is 0.433 e. The summed E-state index contributed by atoms with van der Waals surface area (Å²) in [6.45, 7) is 1.57. The number of alkyl halides is 4. The molecule has 0 fully saturated rings. The Labute approximate surface area is 92.4 Å². The third-order valence-electron chi connectivity index (χ3n) is 1.72. The van der Waals surface area contributed by atoms with Crippen molar-refractivity contribution >= 4 is 27.5 Å². The first-order chi connectivity index (χ1) is 6.36. The van der Waals surface area contributed by atoms with Gasteiger partial charge in [0.15, 0.2) is 0 Å². The standard InChI is InChI=1S/C8H6BrClF3N/c1-4-2-6(8(11,12)13)14-7(10)5(4)3-9/h2H,3H2,1H3. The van der Waals surface area contributed by atoms with Crippen molar-refractivity contribution in [1.29, 1.82) is 0 Å². The Morgan fingerprint density at radius 2 is 2.07 bits per heavy atom. The van der Waals surface area contributed by atoms with Gasteiger partial charge in [0.05, 0.1) is 0 Å². The van der Waals surface area contributed by atoms with Crippen LogP contribution in [-0.2, 0) is 11.5 Å². The maximum atomic E-state index is 12.3. The minimum absolute atomic E-state index is 0.103. The van der Waals surface area contributed by atoms with Gasteiger partial charge in [0.25, 0.3) is 0 Å². The second-order valence-electron chi connectivity index (χ2n) is 2.73. The second kappa shape index (κ2) is 4.06. The van der Waals surface area contributed by atoms with E-state index in [0.717, 1.165) is 6.07 Å². The van der Waals surface area contributed by atoms with E-state index < -0.39 is 11.9 Å². The highest BCUT2D eigenvalue weighted by Crippen LogP contribution is 2.31. The molecule has 14 heavy (non-hydrogen) atoms. The van der Waals surface area contributed by atoms with Crippen LogP contribution in [0.15, 0.2) is 6.07 Å². The number of hydrogen-bond donors (Lipinski definition) is 0. The zero-order valence-corrected chi connectivity index (χ0v) is 9.46. The van der Waals surface area contributed by atoms with E-state index >= 15 is 0 Å². The largest absolute Gasteiger partial charge is 0.433 e. The van der Waals surface area contributed by atoms with Crippen LogP contribution in [0.2, 0.25) is 5.15 Å². The van der Waals surface area contributed by atoms with Crippen LogP contribution < -0.4 is 0 Å². The maximum absolute atomic E-state index is 12.3. The molecule has 0 saturated carbocycles. The Morgan fingerprint density at radius 3 is 2.43 bits per heavy atom. The van der Waals surface area contributed by atoms with Crippen molar-refractivity contribution in [3.8, 4) is 0 Å². The van der Waals surface area contributed by atoms with Gasteiger partial charge in [-0.2, -0.15) is 13.2 Å². The molecule has 0 aromatic carbocycles. The van der Waals surface area contributed by atoms with Crippen LogP contribution >= 0.6 is 27.5 Å². The molecule has 0 aliphatic rings. The van der Waals surface area contributed by atoms with Crippen LogP contribution in [0.5, 0.6) is 0 Å². The predicted octanol–water partition coefficient (Wildman–Crippen LogP) is 3.96. The Balaban J connectivity index is 3.28. The number of pyridine rings is 1. The molecule has 1 nitrogen and oxygen atoms in total. The van der Waals surface area contributed by atoms with E-state index in [4.69, 9.17) is 11.6 Å². The molecule has 0 aliphatic heterocycles. The first kappa shape index (κ1) is 11.8. The summed E-state index contributed by atoms with van der Waals surface area (Å²) in [5.41, 5.74) is 0.110. The third-order valence-corrected chi connectivity index (χ3v) is 2.59. The van der Waals surface area contributed by atoms with E-state index in [9.17, 15) is 13.2 Å². The highest BCUT2D eigenvalue weighted by atomic mass is 79.9. The number of nitrogens with zero attached hydrogens (tertiary/aromatic N) is 1. The monoisotopic (exact) mass is 287 g/mol. The lowest BCUT2D eigenvalue weighted by molar-refractivity contribution is -0.141. The summed E-state index contributed by atoms with van der Waals surface area (Å²) in [7, 11) is 0. The summed E-state index contributed by atoms with van der Waals surface area (Å²) in [5.74, 6) is 0. The zero-order chi connectivity index (χ0) is 10.9. The molecule has 0 atom stereocenters. The van der Waals surface area contributed by atoms with Gasteiger partial charge in [-0.1, -0.05) is 27.5 Å². The predicted molar refractivity (Wildman–Crippen MR) is 51.6 cm³/mol. The fraction of sp³-hybridized carbons (Fsp3) is 0.375. The molecule has 0 saturated heterocycles.